The predicted molar refractivity (Wildman–Crippen MR) is 66.5 cm³/mol. The summed E-state index contributed by atoms with van der Waals surface area (Å²) in [6.45, 7) is 7.99. The lowest BCUT2D eigenvalue weighted by molar-refractivity contribution is 0.116. The van der Waals surface area contributed by atoms with Crippen molar-refractivity contribution in [2.75, 3.05) is 26.2 Å². The fourth-order valence-electron chi connectivity index (χ4n) is 1.66. The third-order valence-electron chi connectivity index (χ3n) is 2.67. The first-order valence-electron chi connectivity index (χ1n) is 6.11. The smallest absolute Gasteiger partial charge is 0.164 e. The minimum absolute atomic E-state index is 0.349. The number of nitrogens with one attached hydrogen (secondary N) is 1. The molecular weight excluding hydrogens is 218 g/mol. The molecule has 1 aromatic heterocycles. The first-order chi connectivity index (χ1) is 8.15. The highest BCUT2D eigenvalue weighted by molar-refractivity contribution is 4.80. The summed E-state index contributed by atoms with van der Waals surface area (Å²) < 4.78 is 1.67. The van der Waals surface area contributed by atoms with Gasteiger partial charge in [0.05, 0.1) is 12.6 Å². The molecule has 1 aromatic rings. The molecule has 0 radical (unpaired) electrons. The van der Waals surface area contributed by atoms with Crippen molar-refractivity contribution in [3.8, 4) is 0 Å². The third-order valence-corrected chi connectivity index (χ3v) is 2.67. The SMILES string of the molecule is CCN(CC)CC(O)CNCc1ncn(C)n1. The van der Waals surface area contributed by atoms with Gasteiger partial charge in [-0.25, -0.2) is 4.98 Å². The van der Waals surface area contributed by atoms with E-state index < -0.39 is 0 Å². The maximum absolute atomic E-state index is 9.81. The van der Waals surface area contributed by atoms with Crippen molar-refractivity contribution in [1.29, 1.82) is 0 Å². The van der Waals surface area contributed by atoms with E-state index in [9.17, 15) is 5.11 Å². The molecule has 6 heteroatoms. The molecule has 0 bridgehead atoms. The van der Waals surface area contributed by atoms with Gasteiger partial charge in [-0.3, -0.25) is 4.68 Å². The van der Waals surface area contributed by atoms with Crippen LogP contribution in [-0.2, 0) is 13.6 Å². The molecule has 1 rings (SSSR count). The van der Waals surface area contributed by atoms with E-state index in [2.05, 4.69) is 34.1 Å². The number of rotatable bonds is 8. The first-order valence-corrected chi connectivity index (χ1v) is 6.11. The molecule has 0 aliphatic carbocycles. The van der Waals surface area contributed by atoms with Crippen molar-refractivity contribution < 1.29 is 5.11 Å². The highest BCUT2D eigenvalue weighted by Crippen LogP contribution is 1.92. The number of aromatic nitrogens is 3. The van der Waals surface area contributed by atoms with Crippen molar-refractivity contribution in [2.45, 2.75) is 26.5 Å². The summed E-state index contributed by atoms with van der Waals surface area (Å²) in [5, 5.41) is 17.1. The van der Waals surface area contributed by atoms with Gasteiger partial charge in [-0.1, -0.05) is 13.8 Å². The van der Waals surface area contributed by atoms with Gasteiger partial charge in [0.2, 0.25) is 0 Å². The van der Waals surface area contributed by atoms with Crippen LogP contribution in [0.15, 0.2) is 6.33 Å². The number of likely N-dealkylation sites (N-methyl/N-ethyl adjacent to an activating group) is 1. The molecule has 17 heavy (non-hydrogen) atoms. The molecule has 0 aromatic carbocycles. The molecule has 6 nitrogen and oxygen atoms in total. The normalized spacial score (nSPS) is 13.2. The Bertz CT molecular complexity index is 311. The standard InChI is InChI=1S/C11H23N5O/c1-4-16(5-2)8-10(17)6-12-7-11-13-9-15(3)14-11/h9-10,12,17H,4-8H2,1-3H3. The van der Waals surface area contributed by atoms with E-state index in [4.69, 9.17) is 0 Å². The Hall–Kier alpha value is -0.980. The second-order valence-corrected chi connectivity index (χ2v) is 4.11. The average Bonchev–Trinajstić information content (AvgIpc) is 2.72. The Morgan fingerprint density at radius 3 is 2.71 bits per heavy atom. The molecule has 0 amide bonds. The Labute approximate surface area is 103 Å². The van der Waals surface area contributed by atoms with Crippen molar-refractivity contribution in [1.82, 2.24) is 25.0 Å². The molecule has 0 saturated carbocycles. The van der Waals surface area contributed by atoms with E-state index in [1.54, 1.807) is 11.0 Å². The van der Waals surface area contributed by atoms with Crippen molar-refractivity contribution in [2.24, 2.45) is 7.05 Å². The largest absolute Gasteiger partial charge is 0.390 e. The van der Waals surface area contributed by atoms with Gasteiger partial charge in [0, 0.05) is 20.1 Å². The lowest BCUT2D eigenvalue weighted by Gasteiger charge is -2.21. The summed E-state index contributed by atoms with van der Waals surface area (Å²) in [7, 11) is 1.84. The molecule has 2 N–H and O–H groups in total. The van der Waals surface area contributed by atoms with E-state index in [0.29, 0.717) is 19.6 Å². The second-order valence-electron chi connectivity index (χ2n) is 4.11. The van der Waals surface area contributed by atoms with Crippen LogP contribution in [-0.4, -0.2) is 57.1 Å². The molecule has 0 spiro atoms. The van der Waals surface area contributed by atoms with Gasteiger partial charge in [-0.2, -0.15) is 5.10 Å². The van der Waals surface area contributed by atoms with Crippen LogP contribution < -0.4 is 5.32 Å². The van der Waals surface area contributed by atoms with Crippen molar-refractivity contribution >= 4 is 0 Å². The second kappa shape index (κ2) is 7.37. The summed E-state index contributed by atoms with van der Waals surface area (Å²) in [6.07, 6.45) is 1.32. The van der Waals surface area contributed by atoms with E-state index in [0.717, 1.165) is 18.9 Å². The van der Waals surface area contributed by atoms with E-state index in [-0.39, 0.29) is 6.10 Å². The van der Waals surface area contributed by atoms with Crippen LogP contribution in [0.2, 0.25) is 0 Å². The van der Waals surface area contributed by atoms with Crippen LogP contribution in [0, 0.1) is 0 Å². The molecule has 1 unspecified atom stereocenters. The fourth-order valence-corrected chi connectivity index (χ4v) is 1.66. The molecule has 0 aliphatic heterocycles. The van der Waals surface area contributed by atoms with Crippen LogP contribution in [0.4, 0.5) is 0 Å². The van der Waals surface area contributed by atoms with Gasteiger partial charge in [-0.05, 0) is 13.1 Å². The fraction of sp³-hybridized carbons (Fsp3) is 0.818. The minimum Gasteiger partial charge on any atom is -0.390 e. The third kappa shape index (κ3) is 5.25. The topological polar surface area (TPSA) is 66.2 Å². The number of aryl methyl sites for hydroxylation is 1. The highest BCUT2D eigenvalue weighted by atomic mass is 16.3. The van der Waals surface area contributed by atoms with Gasteiger partial charge in [0.1, 0.15) is 6.33 Å². The maximum atomic E-state index is 9.81. The van der Waals surface area contributed by atoms with Gasteiger partial charge < -0.3 is 15.3 Å². The summed E-state index contributed by atoms with van der Waals surface area (Å²) in [6, 6.07) is 0. The quantitative estimate of drug-likeness (QED) is 0.649. The number of hydrogen-bond acceptors (Lipinski definition) is 5. The van der Waals surface area contributed by atoms with Gasteiger partial charge in [-0.15, -0.1) is 0 Å². The van der Waals surface area contributed by atoms with Gasteiger partial charge in [0.15, 0.2) is 5.82 Å². The summed E-state index contributed by atoms with van der Waals surface area (Å²) >= 11 is 0. The summed E-state index contributed by atoms with van der Waals surface area (Å²) in [5.41, 5.74) is 0. The van der Waals surface area contributed by atoms with Crippen molar-refractivity contribution in [3.05, 3.63) is 12.2 Å². The summed E-state index contributed by atoms with van der Waals surface area (Å²) in [5.74, 6) is 0.752. The molecule has 1 atom stereocenters. The molecular formula is C11H23N5O. The first kappa shape index (κ1) is 14.1. The number of aliphatic hydroxyl groups excluding tert-OH is 1. The zero-order chi connectivity index (χ0) is 12.7. The lowest BCUT2D eigenvalue weighted by atomic mass is 10.3. The maximum Gasteiger partial charge on any atom is 0.164 e. The molecule has 0 saturated heterocycles. The Morgan fingerprint density at radius 2 is 2.18 bits per heavy atom. The zero-order valence-corrected chi connectivity index (χ0v) is 10.9. The average molecular weight is 241 g/mol. The van der Waals surface area contributed by atoms with Crippen LogP contribution in [0.3, 0.4) is 0 Å². The highest BCUT2D eigenvalue weighted by Gasteiger charge is 2.08. The Morgan fingerprint density at radius 1 is 1.47 bits per heavy atom. The van der Waals surface area contributed by atoms with E-state index in [1.165, 1.54) is 0 Å². The number of aliphatic hydroxyl groups is 1. The molecule has 0 fully saturated rings. The minimum atomic E-state index is -0.349. The van der Waals surface area contributed by atoms with E-state index >= 15 is 0 Å². The van der Waals surface area contributed by atoms with Crippen molar-refractivity contribution in [3.63, 3.8) is 0 Å². The Balaban J connectivity index is 2.17. The molecule has 1 heterocycles. The Kier molecular flexibility index (Phi) is 6.10. The van der Waals surface area contributed by atoms with Crippen LogP contribution in [0.25, 0.3) is 0 Å². The summed E-state index contributed by atoms with van der Waals surface area (Å²) in [4.78, 5) is 6.30. The zero-order valence-electron chi connectivity index (χ0n) is 10.9. The van der Waals surface area contributed by atoms with Gasteiger partial charge >= 0.3 is 0 Å². The van der Waals surface area contributed by atoms with Gasteiger partial charge in [0.25, 0.3) is 0 Å². The van der Waals surface area contributed by atoms with Crippen LogP contribution >= 0.6 is 0 Å². The molecule has 0 aliphatic rings. The van der Waals surface area contributed by atoms with Crippen LogP contribution in [0.5, 0.6) is 0 Å². The van der Waals surface area contributed by atoms with E-state index in [1.807, 2.05) is 7.05 Å². The monoisotopic (exact) mass is 241 g/mol. The number of nitrogens with zero attached hydrogens (tertiary/aromatic N) is 4. The van der Waals surface area contributed by atoms with Crippen LogP contribution in [0.1, 0.15) is 19.7 Å². The lowest BCUT2D eigenvalue weighted by Crippen LogP contribution is -2.38. The number of hydrogen-bond donors (Lipinski definition) is 2. The molecule has 98 valence electrons. The predicted octanol–water partition coefficient (Wildman–Crippen LogP) is -0.393.